The summed E-state index contributed by atoms with van der Waals surface area (Å²) >= 11 is 0. The minimum absolute atomic E-state index is 0.189. The number of rotatable bonds is 3. The summed E-state index contributed by atoms with van der Waals surface area (Å²) in [6.07, 6.45) is 3.21. The summed E-state index contributed by atoms with van der Waals surface area (Å²) in [5.74, 6) is -1.86. The van der Waals surface area contributed by atoms with E-state index < -0.39 is 11.9 Å². The lowest BCUT2D eigenvalue weighted by Gasteiger charge is -2.15. The molecular weight excluding hydrogens is 282 g/mol. The number of imidazole rings is 1. The molecule has 0 aliphatic carbocycles. The lowest BCUT2D eigenvalue weighted by Crippen LogP contribution is -2.30. The van der Waals surface area contributed by atoms with Crippen LogP contribution in [0, 0.1) is 5.92 Å². The first-order chi connectivity index (χ1) is 10.6. The van der Waals surface area contributed by atoms with Crippen LogP contribution in [0.25, 0.3) is 0 Å². The van der Waals surface area contributed by atoms with E-state index in [0.29, 0.717) is 12.2 Å². The number of aromatic nitrogens is 2. The Morgan fingerprint density at radius 3 is 2.55 bits per heavy atom. The van der Waals surface area contributed by atoms with E-state index in [-0.39, 0.29) is 18.4 Å². The molecule has 114 valence electrons. The van der Waals surface area contributed by atoms with Crippen LogP contribution in [-0.4, -0.2) is 44.5 Å². The predicted molar refractivity (Wildman–Crippen MR) is 79.4 cm³/mol. The van der Waals surface area contributed by atoms with Crippen LogP contribution in [0.4, 0.5) is 0 Å². The van der Waals surface area contributed by atoms with Crippen LogP contribution in [0.1, 0.15) is 22.0 Å². The monoisotopic (exact) mass is 299 g/mol. The first kappa shape index (κ1) is 14.3. The van der Waals surface area contributed by atoms with Crippen molar-refractivity contribution in [2.24, 2.45) is 13.0 Å². The van der Waals surface area contributed by atoms with E-state index in [9.17, 15) is 14.7 Å². The van der Waals surface area contributed by atoms with Gasteiger partial charge in [0, 0.05) is 32.3 Å². The molecule has 2 atom stereocenters. The highest BCUT2D eigenvalue weighted by Gasteiger charge is 2.40. The molecule has 0 radical (unpaired) electrons. The van der Waals surface area contributed by atoms with Crippen molar-refractivity contribution in [2.75, 3.05) is 13.1 Å². The fourth-order valence-electron chi connectivity index (χ4n) is 2.94. The number of aliphatic carboxylic acids is 1. The number of amides is 1. The number of nitrogens with zero attached hydrogens (tertiary/aromatic N) is 3. The van der Waals surface area contributed by atoms with Crippen molar-refractivity contribution in [1.82, 2.24) is 14.5 Å². The Labute approximate surface area is 128 Å². The predicted octanol–water partition coefficient (Wildman–Crippen LogP) is 1.36. The van der Waals surface area contributed by atoms with E-state index in [1.807, 2.05) is 30.3 Å². The number of carbonyl (C=O) groups excluding carboxylic acids is 1. The molecule has 0 unspecified atom stereocenters. The smallest absolute Gasteiger partial charge is 0.308 e. The van der Waals surface area contributed by atoms with E-state index in [1.54, 1.807) is 29.0 Å². The Morgan fingerprint density at radius 2 is 1.95 bits per heavy atom. The highest BCUT2D eigenvalue weighted by molar-refractivity contribution is 5.93. The van der Waals surface area contributed by atoms with Gasteiger partial charge in [-0.3, -0.25) is 9.59 Å². The second kappa shape index (κ2) is 5.63. The summed E-state index contributed by atoms with van der Waals surface area (Å²) < 4.78 is 1.70. The van der Waals surface area contributed by atoms with E-state index in [4.69, 9.17) is 0 Å². The third-order valence-corrected chi connectivity index (χ3v) is 4.08. The van der Waals surface area contributed by atoms with Crippen molar-refractivity contribution >= 4 is 11.9 Å². The summed E-state index contributed by atoms with van der Waals surface area (Å²) in [7, 11) is 1.79. The Bertz CT molecular complexity index is 696. The molecule has 1 aromatic carbocycles. The van der Waals surface area contributed by atoms with Crippen LogP contribution in [-0.2, 0) is 11.8 Å². The van der Waals surface area contributed by atoms with Crippen LogP contribution in [0.15, 0.2) is 42.9 Å². The summed E-state index contributed by atoms with van der Waals surface area (Å²) in [6.45, 7) is 0.612. The maximum atomic E-state index is 12.5. The van der Waals surface area contributed by atoms with Gasteiger partial charge in [0.2, 0.25) is 0 Å². The quantitative estimate of drug-likeness (QED) is 0.928. The topological polar surface area (TPSA) is 75.4 Å². The molecule has 1 aromatic heterocycles. The van der Waals surface area contributed by atoms with Crippen molar-refractivity contribution in [3.05, 3.63) is 54.1 Å². The van der Waals surface area contributed by atoms with Gasteiger partial charge in [0.1, 0.15) is 5.69 Å². The van der Waals surface area contributed by atoms with Gasteiger partial charge in [0.05, 0.1) is 12.2 Å². The molecule has 1 saturated heterocycles. The number of hydrogen-bond acceptors (Lipinski definition) is 3. The van der Waals surface area contributed by atoms with Gasteiger partial charge in [-0.05, 0) is 5.56 Å². The van der Waals surface area contributed by atoms with Gasteiger partial charge < -0.3 is 14.6 Å². The zero-order valence-corrected chi connectivity index (χ0v) is 12.2. The summed E-state index contributed by atoms with van der Waals surface area (Å²) in [5, 5.41) is 9.46. The lowest BCUT2D eigenvalue weighted by atomic mass is 9.89. The Kier molecular flexibility index (Phi) is 3.66. The largest absolute Gasteiger partial charge is 0.481 e. The third-order valence-electron chi connectivity index (χ3n) is 4.08. The maximum absolute atomic E-state index is 12.5. The van der Waals surface area contributed by atoms with E-state index >= 15 is 0 Å². The van der Waals surface area contributed by atoms with Crippen LogP contribution < -0.4 is 0 Å². The normalized spacial score (nSPS) is 21.0. The van der Waals surface area contributed by atoms with E-state index in [0.717, 1.165) is 5.56 Å². The number of carbonyl (C=O) groups is 2. The molecule has 1 fully saturated rings. The molecule has 6 nitrogen and oxygen atoms in total. The SMILES string of the molecule is Cn1cnc(C(=O)N2C[C@H](C(=O)O)[C@@H](c3ccccc3)C2)c1. The van der Waals surface area contributed by atoms with Gasteiger partial charge in [-0.1, -0.05) is 30.3 Å². The van der Waals surface area contributed by atoms with E-state index in [2.05, 4.69) is 4.98 Å². The lowest BCUT2D eigenvalue weighted by molar-refractivity contribution is -0.141. The third kappa shape index (κ3) is 2.59. The van der Waals surface area contributed by atoms with E-state index in [1.165, 1.54) is 0 Å². The Hall–Kier alpha value is -2.63. The van der Waals surface area contributed by atoms with Gasteiger partial charge in [0.25, 0.3) is 5.91 Å². The molecule has 1 aliphatic rings. The zero-order chi connectivity index (χ0) is 15.7. The molecule has 6 heteroatoms. The molecule has 1 amide bonds. The van der Waals surface area contributed by atoms with Gasteiger partial charge in [-0.25, -0.2) is 4.98 Å². The first-order valence-electron chi connectivity index (χ1n) is 7.11. The average Bonchev–Trinajstić information content (AvgIpc) is 3.14. The number of benzene rings is 1. The fraction of sp³-hybridized carbons (Fsp3) is 0.312. The first-order valence-corrected chi connectivity index (χ1v) is 7.11. The van der Waals surface area contributed by atoms with Gasteiger partial charge in [-0.2, -0.15) is 0 Å². The maximum Gasteiger partial charge on any atom is 0.308 e. The van der Waals surface area contributed by atoms with Gasteiger partial charge in [-0.15, -0.1) is 0 Å². The van der Waals surface area contributed by atoms with Crippen molar-refractivity contribution < 1.29 is 14.7 Å². The number of hydrogen-bond donors (Lipinski definition) is 1. The van der Waals surface area contributed by atoms with Crippen molar-refractivity contribution in [2.45, 2.75) is 5.92 Å². The van der Waals surface area contributed by atoms with Gasteiger partial charge in [0.15, 0.2) is 0 Å². The molecule has 1 aliphatic heterocycles. The zero-order valence-electron chi connectivity index (χ0n) is 12.2. The fourth-order valence-corrected chi connectivity index (χ4v) is 2.94. The molecule has 2 heterocycles. The minimum Gasteiger partial charge on any atom is -0.481 e. The number of carboxylic acid groups (broad SMARTS) is 1. The van der Waals surface area contributed by atoms with Crippen molar-refractivity contribution in [3.63, 3.8) is 0 Å². The molecule has 2 aromatic rings. The number of aryl methyl sites for hydroxylation is 1. The highest BCUT2D eigenvalue weighted by atomic mass is 16.4. The summed E-state index contributed by atoms with van der Waals surface area (Å²) in [4.78, 5) is 29.6. The average molecular weight is 299 g/mol. The Morgan fingerprint density at radius 1 is 1.23 bits per heavy atom. The minimum atomic E-state index is -0.870. The molecule has 3 rings (SSSR count). The van der Waals surface area contributed by atoms with Crippen LogP contribution in [0.5, 0.6) is 0 Å². The standard InChI is InChI=1S/C16H17N3O3/c1-18-9-14(17-10-18)15(20)19-7-12(13(8-19)16(21)22)11-5-3-2-4-6-11/h2-6,9-10,12-13H,7-8H2,1H3,(H,21,22)/t12-,13+/m1/s1. The molecular formula is C16H17N3O3. The second-order valence-electron chi connectivity index (χ2n) is 5.60. The van der Waals surface area contributed by atoms with Crippen LogP contribution in [0.3, 0.4) is 0 Å². The molecule has 0 bridgehead atoms. The summed E-state index contributed by atoms with van der Waals surface area (Å²) in [5.41, 5.74) is 1.30. The van der Waals surface area contributed by atoms with Gasteiger partial charge >= 0.3 is 5.97 Å². The molecule has 1 N–H and O–H groups in total. The molecule has 22 heavy (non-hydrogen) atoms. The molecule has 0 spiro atoms. The highest BCUT2D eigenvalue weighted by Crippen LogP contribution is 2.33. The Balaban J connectivity index is 1.84. The summed E-state index contributed by atoms with van der Waals surface area (Å²) in [6, 6.07) is 9.49. The van der Waals surface area contributed by atoms with Crippen molar-refractivity contribution in [1.29, 1.82) is 0 Å². The van der Waals surface area contributed by atoms with Crippen molar-refractivity contribution in [3.8, 4) is 0 Å². The molecule has 0 saturated carbocycles. The van der Waals surface area contributed by atoms with Crippen LogP contribution in [0.2, 0.25) is 0 Å². The number of carboxylic acids is 1. The second-order valence-corrected chi connectivity index (χ2v) is 5.60. The number of likely N-dealkylation sites (tertiary alicyclic amines) is 1. The van der Waals surface area contributed by atoms with Crippen LogP contribution >= 0.6 is 0 Å².